The van der Waals surface area contributed by atoms with E-state index in [1.165, 1.54) is 57.4 Å². The molecule has 120 heavy (non-hydrogen) atoms. The fraction of sp³-hybridized carbons (Fsp3) is 0.704. The molecule has 11 atom stereocenters. The maximum Gasteiger partial charge on any atom is 3.00 e. The number of aliphatic hydroxyl groups excluding tert-OH is 1. The molecule has 673 valence electrons. The van der Waals surface area contributed by atoms with Gasteiger partial charge in [-0.2, -0.15) is 0 Å². The summed E-state index contributed by atoms with van der Waals surface area (Å²) in [4.78, 5) is 219. The molecule has 0 aromatic heterocycles. The Hall–Kier alpha value is -7.02. The summed E-state index contributed by atoms with van der Waals surface area (Å²) in [6, 6.07) is -1.66. The van der Waals surface area contributed by atoms with Crippen molar-refractivity contribution < 1.29 is 148 Å². The average Bonchev–Trinajstić information content (AvgIpc) is 1.13. The Kier molecular flexibility index (Phi) is 50.0. The van der Waals surface area contributed by atoms with E-state index in [1.807, 2.05) is 41.5 Å². The number of aliphatic hydroxyl groups is 1. The minimum Gasteiger partial charge on any atom is -0.870 e. The molecule has 2 aromatic rings. The van der Waals surface area contributed by atoms with Crippen LogP contribution in [0.5, 0.6) is 5.75 Å². The number of aromatic hydroxyl groups is 1. The average molecular weight is 1870 g/mol. The van der Waals surface area contributed by atoms with Crippen molar-refractivity contribution in [1.82, 2.24) is 50.7 Å². The zero-order valence-corrected chi connectivity index (χ0v) is 74.3. The quantitative estimate of drug-likeness (QED) is 0.0159. The van der Waals surface area contributed by atoms with Gasteiger partial charge in [-0.1, -0.05) is 81.7 Å². The van der Waals surface area contributed by atoms with Crippen LogP contribution in [-0.2, 0) is 83.0 Å². The molecule has 4 saturated heterocycles. The fourth-order valence-electron chi connectivity index (χ4n) is 14.8. The first-order valence-electron chi connectivity index (χ1n) is 41.0. The number of anilines is 2. The number of phenols is 1. The second-order valence-electron chi connectivity index (χ2n) is 31.6. The normalized spacial score (nSPS) is 23.4. The minimum absolute atomic E-state index is 0. The number of benzene rings is 1. The van der Waals surface area contributed by atoms with Crippen LogP contribution in [0.15, 0.2) is 33.9 Å². The summed E-state index contributed by atoms with van der Waals surface area (Å²) in [5.41, 5.74) is -0.451. The number of ketones is 4. The van der Waals surface area contributed by atoms with Gasteiger partial charge in [-0.05, 0) is 108 Å². The van der Waals surface area contributed by atoms with E-state index in [4.69, 9.17) is 9.47 Å². The topological polar surface area (TPSA) is 523 Å². The van der Waals surface area contributed by atoms with Gasteiger partial charge in [-0.15, -0.1) is 0 Å². The van der Waals surface area contributed by atoms with E-state index in [9.17, 15) is 102 Å². The molecule has 2 aromatic carbocycles. The molecule has 1 radical (unpaired) electrons. The van der Waals surface area contributed by atoms with Gasteiger partial charge < -0.3 is 106 Å². The number of nitrogens with zero attached hydrogens (tertiary/aromatic N) is 6. The molecule has 0 spiro atoms. The van der Waals surface area contributed by atoms with Gasteiger partial charge in [0, 0.05) is 153 Å². The zero-order chi connectivity index (χ0) is 87.3. The van der Waals surface area contributed by atoms with E-state index in [-0.39, 0.29) is 227 Å². The second-order valence-corrected chi connectivity index (χ2v) is 34.1. The Morgan fingerprint density at radius 1 is 0.608 bits per heavy atom. The van der Waals surface area contributed by atoms with Crippen molar-refractivity contribution in [3.8, 4) is 5.75 Å². The van der Waals surface area contributed by atoms with Gasteiger partial charge in [-0.3, -0.25) is 72.3 Å². The van der Waals surface area contributed by atoms with Gasteiger partial charge in [-0.25, -0.2) is 0 Å². The number of ether oxygens (including phenoxy) is 2. The molecule has 6 amide bonds. The molecule has 39 heteroatoms. The molecular weight excluding hydrogens is 1750 g/mol. The van der Waals surface area contributed by atoms with Crippen LogP contribution in [0.25, 0.3) is 0 Å². The first-order chi connectivity index (χ1) is 56.1. The summed E-state index contributed by atoms with van der Waals surface area (Å²) < 4.78 is 10.6. The first-order valence-corrected chi connectivity index (χ1v) is 43.5. The number of Topliss-reactive ketones (excluding diaryl/α,β-unsaturated/α-hetero) is 4. The number of hydrogen-bond acceptors (Lipinski definition) is 32. The van der Waals surface area contributed by atoms with Gasteiger partial charge in [0.15, 0.2) is 17.3 Å². The van der Waals surface area contributed by atoms with Crippen molar-refractivity contribution in [3.05, 3.63) is 50.3 Å². The second kappa shape index (κ2) is 56.0. The number of phenolic OH excluding ortho intramolecular Hbond substituents is 1. The van der Waals surface area contributed by atoms with Crippen molar-refractivity contribution in [2.45, 2.75) is 188 Å². The van der Waals surface area contributed by atoms with E-state index in [0.29, 0.717) is 83.5 Å². The van der Waals surface area contributed by atoms with E-state index >= 15 is 0 Å². The van der Waals surface area contributed by atoms with Crippen LogP contribution in [-0.4, -0.2) is 313 Å². The predicted molar refractivity (Wildman–Crippen MR) is 438 cm³/mol. The Morgan fingerprint density at radius 3 is 1.65 bits per heavy atom. The molecule has 4 aliphatic heterocycles. The van der Waals surface area contributed by atoms with Crippen LogP contribution in [0.2, 0.25) is 0 Å². The SMILES string of the molecule is CCOCCOCCNc1c(NCCCC(C(=O)[O-])N2CCN(CC=O)CCN(CC(=O)[O-])CCN(CC(=O)[O-])CC2)c(=O)c1=O.CC[C@H](C)[C@@H]1CC(=O)[C@H](CO)NC(=O)[C@@H]2CCCN2C(=O)[C@@H](CC(C)=O)CSSC[C@@H](C(C)=O)NC(=O)[C@H](CC(C)C)CC(=O)[C@H](CC(C)C)NC(=O)[C@@H]2CCCN2C(=O)[C@H](Cc2ccc(O)cc2)NC1=O.[Gd+3].[OH-]. The molecule has 4 aliphatic rings. The third-order valence-corrected chi connectivity index (χ3v) is 24.0. The number of rotatable bonds is 33. The maximum absolute atomic E-state index is 14.8. The number of aliphatic carboxylic acids is 3. The molecule has 0 aliphatic carbocycles. The van der Waals surface area contributed by atoms with E-state index in [2.05, 4.69) is 31.9 Å². The Morgan fingerprint density at radius 2 is 1.12 bits per heavy atom. The molecule has 4 heterocycles. The summed E-state index contributed by atoms with van der Waals surface area (Å²) >= 11 is 0. The monoisotopic (exact) mass is 1870 g/mol. The molecule has 1 unspecified atom stereocenters. The molecule has 6 rings (SSSR count). The summed E-state index contributed by atoms with van der Waals surface area (Å²) in [6.45, 7) is 18.7. The summed E-state index contributed by atoms with van der Waals surface area (Å²) in [7, 11) is 2.47. The van der Waals surface area contributed by atoms with Gasteiger partial charge in [0.1, 0.15) is 53.4 Å². The van der Waals surface area contributed by atoms with Gasteiger partial charge in [0.2, 0.25) is 35.4 Å². The number of hydrogen-bond donors (Lipinski definition) is 8. The Labute approximate surface area is 741 Å². The largest absolute Gasteiger partial charge is 3.00 e. The minimum atomic E-state index is -1.44. The van der Waals surface area contributed by atoms with Crippen LogP contribution in [0, 0.1) is 75.4 Å². The summed E-state index contributed by atoms with van der Waals surface area (Å²) in [5, 5.41) is 72.5. The van der Waals surface area contributed by atoms with Crippen LogP contribution < -0.4 is 58.1 Å². The Balaban J connectivity index is 0.000000670. The van der Waals surface area contributed by atoms with Crippen LogP contribution in [0.1, 0.15) is 145 Å². The number of amides is 6. The van der Waals surface area contributed by atoms with E-state index < -0.39 is 156 Å². The number of carbonyl (C=O) groups is 14. The van der Waals surface area contributed by atoms with Crippen molar-refractivity contribution in [1.29, 1.82) is 0 Å². The third kappa shape index (κ3) is 36.0. The number of fused-ring (bicyclic) bond motifs is 2. The van der Waals surface area contributed by atoms with Crippen molar-refractivity contribution in [3.63, 3.8) is 0 Å². The zero-order valence-electron chi connectivity index (χ0n) is 70.4. The van der Waals surface area contributed by atoms with Crippen LogP contribution in [0.3, 0.4) is 0 Å². The summed E-state index contributed by atoms with van der Waals surface area (Å²) in [5.74, 6) is -12.0. The molecule has 4 fully saturated rings. The van der Waals surface area contributed by atoms with E-state index in [0.717, 1.165) is 0 Å². The van der Waals surface area contributed by atoms with Gasteiger partial charge >= 0.3 is 39.9 Å². The number of nitrogens with one attached hydrogen (secondary N) is 6. The van der Waals surface area contributed by atoms with Crippen LogP contribution >= 0.6 is 21.6 Å². The van der Waals surface area contributed by atoms with Crippen molar-refractivity contribution >= 4 is 116 Å². The van der Waals surface area contributed by atoms with E-state index in [1.54, 1.807) is 38.7 Å². The molecule has 0 bridgehead atoms. The summed E-state index contributed by atoms with van der Waals surface area (Å²) in [6.07, 6.45) is 2.74. The van der Waals surface area contributed by atoms with Crippen LogP contribution in [0.4, 0.5) is 11.4 Å². The number of carboxylic acids is 3. The van der Waals surface area contributed by atoms with Crippen molar-refractivity contribution in [2.75, 3.05) is 153 Å². The fourth-order valence-corrected chi connectivity index (χ4v) is 17.4. The first kappa shape index (κ1) is 107. The molecule has 0 saturated carbocycles. The Bertz CT molecular complexity index is 3740. The maximum atomic E-state index is 14.8. The standard InChI is InChI=1S/C52H78N6O12S2.C29H48N6O11.Gd.H2O/c1-9-31(6)38-25-46(64)41(26-59)55-50(68)43-12-10-18-57(43)51(69)36(22-32(7)60)27-71-72-28-42(33(8)61)56-47(65)35(20-29(2)3)24-45(63)39(21-30(4)5)53-49(67)44-13-11-19-58(44)52(70)40(54-48(38)66)23-34-14-16-37(62)17-15-34;1-2-45-18-19-46-17-6-31-26-25(27(41)28(26)42)30-5-3-4-22(29(43)44)35-13-11-32(15-16-36)7-8-33(20-23(37)38)9-10-34(12-14-35)21-24(39)40;;/h14-17,29-31,35-36,38-44,59,62H,9-13,18-28H2,1-8H3,(H,53,67)(H,54,66)(H,55,68)(H,56,65);16,22,30-31H,2-15,17-21H2,1H3,(H,37,38)(H,39,40)(H,43,44);;1H2/q;;+3;/p-4/t31-,35+,36-,38-,39-,40-,41-,42-,43-,44-;;;/m0.../s1. The number of aldehydes is 1. The van der Waals surface area contributed by atoms with Gasteiger partial charge in [0.05, 0.1) is 68.9 Å². The smallest absolute Gasteiger partial charge is 0.870 e. The number of carbonyl (C=O) groups excluding carboxylic acids is 14. The van der Waals surface area contributed by atoms with Gasteiger partial charge in [0.25, 0.3) is 10.9 Å². The molecular formula is C81H124GdN12O24S2-. The third-order valence-electron chi connectivity index (χ3n) is 21.5. The molecule has 9 N–H and O–H groups in total. The molecule has 36 nitrogen and oxygen atoms in total. The number of carboxylic acid groups (broad SMARTS) is 3. The predicted octanol–water partition coefficient (Wildman–Crippen LogP) is -2.48. The van der Waals surface area contributed by atoms with Crippen molar-refractivity contribution in [2.24, 2.45) is 35.5 Å².